The Morgan fingerprint density at radius 3 is 2.76 bits per heavy atom. The lowest BCUT2D eigenvalue weighted by Crippen LogP contribution is -2.01. The Bertz CT molecular complexity index is 705. The number of nitrogens with zero attached hydrogens (tertiary/aromatic N) is 2. The van der Waals surface area contributed by atoms with Crippen molar-refractivity contribution in [3.63, 3.8) is 0 Å². The summed E-state index contributed by atoms with van der Waals surface area (Å²) in [4.78, 5) is 24.1. The third kappa shape index (κ3) is 3.50. The molecule has 0 atom stereocenters. The zero-order valence-electron chi connectivity index (χ0n) is 10.5. The molecule has 0 radical (unpaired) electrons. The van der Waals surface area contributed by atoms with Gasteiger partial charge in [0, 0.05) is 12.3 Å². The quantitative estimate of drug-likeness (QED) is 0.670. The van der Waals surface area contributed by atoms with Crippen LogP contribution in [0.3, 0.4) is 0 Å². The van der Waals surface area contributed by atoms with Crippen molar-refractivity contribution in [2.45, 2.75) is 6.61 Å². The minimum Gasteiger partial charge on any atom is -0.487 e. The van der Waals surface area contributed by atoms with E-state index in [1.165, 1.54) is 24.5 Å². The number of ether oxygens (including phenoxy) is 1. The van der Waals surface area contributed by atoms with Crippen LogP contribution in [0.2, 0.25) is 0 Å². The van der Waals surface area contributed by atoms with Crippen LogP contribution in [-0.2, 0) is 6.61 Å². The maximum absolute atomic E-state index is 13.4. The molecule has 7 nitrogen and oxygen atoms in total. The first-order valence-corrected chi connectivity index (χ1v) is 5.71. The summed E-state index contributed by atoms with van der Waals surface area (Å²) < 4.78 is 18.7. The van der Waals surface area contributed by atoms with E-state index >= 15 is 0 Å². The summed E-state index contributed by atoms with van der Waals surface area (Å²) in [5.41, 5.74) is -0.283. The molecular formula is C13H9FN2O5. The first-order chi connectivity index (χ1) is 9.97. The average Bonchev–Trinajstić information content (AvgIpc) is 2.45. The fraction of sp³-hybridized carbons (Fsp3) is 0.0769. The fourth-order valence-corrected chi connectivity index (χ4v) is 1.57. The molecule has 1 heterocycles. The van der Waals surface area contributed by atoms with E-state index in [9.17, 15) is 19.3 Å². The van der Waals surface area contributed by atoms with Crippen LogP contribution in [0.15, 0.2) is 36.7 Å². The molecular weight excluding hydrogens is 283 g/mol. The highest BCUT2D eigenvalue weighted by Crippen LogP contribution is 2.19. The van der Waals surface area contributed by atoms with E-state index in [2.05, 4.69) is 4.98 Å². The molecule has 1 aromatic carbocycles. The fourth-order valence-electron chi connectivity index (χ4n) is 1.57. The van der Waals surface area contributed by atoms with Gasteiger partial charge in [0.05, 0.1) is 16.7 Å². The number of aromatic carboxylic acids is 1. The SMILES string of the molecule is O=C(O)c1cncc(OCc2ccc([N+](=O)[O-])c(F)c2)c1. The van der Waals surface area contributed by atoms with E-state index in [4.69, 9.17) is 9.84 Å². The van der Waals surface area contributed by atoms with Crippen molar-refractivity contribution in [2.24, 2.45) is 0 Å². The molecule has 21 heavy (non-hydrogen) atoms. The predicted molar refractivity (Wildman–Crippen MR) is 68.6 cm³/mol. The van der Waals surface area contributed by atoms with Gasteiger partial charge in [-0.05, 0) is 23.8 Å². The van der Waals surface area contributed by atoms with Crippen LogP contribution in [0, 0.1) is 15.9 Å². The maximum Gasteiger partial charge on any atom is 0.337 e. The number of carboxylic acids is 1. The summed E-state index contributed by atoms with van der Waals surface area (Å²) in [6.07, 6.45) is 2.48. The van der Waals surface area contributed by atoms with Gasteiger partial charge in [0.1, 0.15) is 12.4 Å². The van der Waals surface area contributed by atoms with E-state index < -0.39 is 22.4 Å². The maximum atomic E-state index is 13.4. The topological polar surface area (TPSA) is 103 Å². The number of rotatable bonds is 5. The second kappa shape index (κ2) is 5.95. The zero-order chi connectivity index (χ0) is 15.4. The van der Waals surface area contributed by atoms with Gasteiger partial charge in [0.15, 0.2) is 0 Å². The van der Waals surface area contributed by atoms with Crippen molar-refractivity contribution in [3.8, 4) is 5.75 Å². The van der Waals surface area contributed by atoms with E-state index in [0.29, 0.717) is 5.56 Å². The molecule has 1 aromatic heterocycles. The zero-order valence-corrected chi connectivity index (χ0v) is 10.5. The third-order valence-corrected chi connectivity index (χ3v) is 2.57. The summed E-state index contributed by atoms with van der Waals surface area (Å²) in [5.74, 6) is -1.90. The third-order valence-electron chi connectivity index (χ3n) is 2.57. The summed E-state index contributed by atoms with van der Waals surface area (Å²) in [6, 6.07) is 4.67. The Morgan fingerprint density at radius 2 is 2.14 bits per heavy atom. The second-order valence-corrected chi connectivity index (χ2v) is 4.05. The Labute approximate surface area is 117 Å². The molecule has 0 fully saturated rings. The predicted octanol–water partition coefficient (Wildman–Crippen LogP) is 2.41. The number of nitro groups is 1. The van der Waals surface area contributed by atoms with Gasteiger partial charge in [-0.1, -0.05) is 0 Å². The van der Waals surface area contributed by atoms with E-state index in [0.717, 1.165) is 12.1 Å². The highest BCUT2D eigenvalue weighted by atomic mass is 19.1. The van der Waals surface area contributed by atoms with Crippen molar-refractivity contribution in [2.75, 3.05) is 0 Å². The lowest BCUT2D eigenvalue weighted by Gasteiger charge is -2.06. The number of carbonyl (C=O) groups is 1. The van der Waals surface area contributed by atoms with Gasteiger partial charge in [-0.3, -0.25) is 15.1 Å². The average molecular weight is 292 g/mol. The van der Waals surface area contributed by atoms with Crippen molar-refractivity contribution in [1.82, 2.24) is 4.98 Å². The van der Waals surface area contributed by atoms with Crippen LogP contribution in [0.5, 0.6) is 5.75 Å². The molecule has 0 aliphatic carbocycles. The Balaban J connectivity index is 2.10. The molecule has 2 rings (SSSR count). The highest BCUT2D eigenvalue weighted by Gasteiger charge is 2.14. The molecule has 2 aromatic rings. The number of benzene rings is 1. The van der Waals surface area contributed by atoms with E-state index in [-0.39, 0.29) is 17.9 Å². The van der Waals surface area contributed by atoms with Crippen LogP contribution < -0.4 is 4.74 Å². The second-order valence-electron chi connectivity index (χ2n) is 4.05. The minimum absolute atomic E-state index is 0.0395. The first kappa shape index (κ1) is 14.4. The summed E-state index contributed by atoms with van der Waals surface area (Å²) in [7, 11) is 0. The number of hydrogen-bond donors (Lipinski definition) is 1. The van der Waals surface area contributed by atoms with Gasteiger partial charge in [-0.2, -0.15) is 4.39 Å². The number of halogens is 1. The smallest absolute Gasteiger partial charge is 0.337 e. The van der Waals surface area contributed by atoms with Crippen molar-refractivity contribution < 1.29 is 24.0 Å². The van der Waals surface area contributed by atoms with Gasteiger partial charge in [0.2, 0.25) is 5.82 Å². The van der Waals surface area contributed by atoms with Gasteiger partial charge in [-0.15, -0.1) is 0 Å². The standard InChI is InChI=1S/C13H9FN2O5/c14-11-3-8(1-2-12(11)16(19)20)7-21-10-4-9(13(17)18)5-15-6-10/h1-6H,7H2,(H,17,18). The molecule has 0 unspecified atom stereocenters. The van der Waals surface area contributed by atoms with Crippen LogP contribution in [-0.4, -0.2) is 21.0 Å². The van der Waals surface area contributed by atoms with Gasteiger partial charge >= 0.3 is 11.7 Å². The Kier molecular flexibility index (Phi) is 4.07. The summed E-state index contributed by atoms with van der Waals surface area (Å²) >= 11 is 0. The van der Waals surface area contributed by atoms with E-state index in [1.807, 2.05) is 0 Å². The molecule has 0 saturated heterocycles. The Hall–Kier alpha value is -3.03. The molecule has 0 aliphatic rings. The van der Waals surface area contributed by atoms with Gasteiger partial charge in [-0.25, -0.2) is 4.79 Å². The summed E-state index contributed by atoms with van der Waals surface area (Å²) in [5, 5.41) is 19.3. The minimum atomic E-state index is -1.14. The normalized spacial score (nSPS) is 10.1. The molecule has 0 aliphatic heterocycles. The molecule has 108 valence electrons. The number of carboxylic acid groups (broad SMARTS) is 1. The van der Waals surface area contributed by atoms with Gasteiger partial charge < -0.3 is 9.84 Å². The van der Waals surface area contributed by atoms with Crippen molar-refractivity contribution in [1.29, 1.82) is 0 Å². The molecule has 8 heteroatoms. The summed E-state index contributed by atoms with van der Waals surface area (Å²) in [6.45, 7) is -0.0698. The van der Waals surface area contributed by atoms with Crippen molar-refractivity contribution in [3.05, 3.63) is 63.7 Å². The van der Waals surface area contributed by atoms with Crippen LogP contribution in [0.25, 0.3) is 0 Å². The first-order valence-electron chi connectivity index (χ1n) is 5.71. The van der Waals surface area contributed by atoms with Crippen LogP contribution in [0.4, 0.5) is 10.1 Å². The molecule has 1 N–H and O–H groups in total. The molecule has 0 bridgehead atoms. The largest absolute Gasteiger partial charge is 0.487 e. The van der Waals surface area contributed by atoms with E-state index in [1.54, 1.807) is 0 Å². The molecule has 0 saturated carbocycles. The number of nitro benzene ring substituents is 1. The highest BCUT2D eigenvalue weighted by molar-refractivity contribution is 5.87. The monoisotopic (exact) mass is 292 g/mol. The van der Waals surface area contributed by atoms with Crippen molar-refractivity contribution >= 4 is 11.7 Å². The lowest BCUT2D eigenvalue weighted by molar-refractivity contribution is -0.387. The Morgan fingerprint density at radius 1 is 1.38 bits per heavy atom. The molecule has 0 spiro atoms. The number of aromatic nitrogens is 1. The van der Waals surface area contributed by atoms with Crippen LogP contribution in [0.1, 0.15) is 15.9 Å². The van der Waals surface area contributed by atoms with Crippen LogP contribution >= 0.6 is 0 Å². The number of pyridine rings is 1. The lowest BCUT2D eigenvalue weighted by atomic mass is 10.2. The van der Waals surface area contributed by atoms with Gasteiger partial charge in [0.25, 0.3) is 0 Å². The molecule has 0 amide bonds. The number of hydrogen-bond acceptors (Lipinski definition) is 5.